The molecule has 0 bridgehead atoms. The van der Waals surface area contributed by atoms with E-state index in [-0.39, 0.29) is 0 Å². The fourth-order valence-corrected chi connectivity index (χ4v) is 1.11. The predicted molar refractivity (Wildman–Crippen MR) is 64.9 cm³/mol. The summed E-state index contributed by atoms with van der Waals surface area (Å²) in [5.74, 6) is 0. The lowest BCUT2D eigenvalue weighted by Crippen LogP contribution is -1.83. The lowest BCUT2D eigenvalue weighted by Gasteiger charge is -2.01. The number of rotatable bonds is 4. The number of hydrogen-bond donors (Lipinski definition) is 1. The Balaban J connectivity index is 4.97. The van der Waals surface area contributed by atoms with Crippen LogP contribution in [-0.4, -0.2) is 6.21 Å². The van der Waals surface area contributed by atoms with Gasteiger partial charge in [-0.15, -0.1) is 0 Å². The van der Waals surface area contributed by atoms with Crippen molar-refractivity contribution in [2.75, 3.05) is 0 Å². The second-order valence-electron chi connectivity index (χ2n) is 3.15. The molecule has 0 unspecified atom stereocenters. The molecule has 76 valence electrons. The van der Waals surface area contributed by atoms with Crippen LogP contribution in [0.4, 0.5) is 0 Å². The van der Waals surface area contributed by atoms with Crippen LogP contribution in [0.2, 0.25) is 0 Å². The number of allylic oxidation sites excluding steroid dienone is 8. The maximum absolute atomic E-state index is 7.07. The fourth-order valence-electron chi connectivity index (χ4n) is 1.11. The molecule has 0 radical (unpaired) electrons. The molecule has 0 aromatic heterocycles. The van der Waals surface area contributed by atoms with Crippen molar-refractivity contribution in [3.8, 4) is 0 Å². The van der Waals surface area contributed by atoms with Gasteiger partial charge in [-0.1, -0.05) is 29.9 Å². The third kappa shape index (κ3) is 4.61. The van der Waals surface area contributed by atoms with E-state index in [1.165, 1.54) is 17.4 Å². The minimum atomic E-state index is 1.10. The second-order valence-corrected chi connectivity index (χ2v) is 3.15. The Morgan fingerprint density at radius 1 is 1.14 bits per heavy atom. The highest BCUT2D eigenvalue weighted by Crippen LogP contribution is 2.13. The minimum Gasteiger partial charge on any atom is -0.309 e. The molecule has 0 heterocycles. The Kier molecular flexibility index (Phi) is 6.38. The van der Waals surface area contributed by atoms with Crippen molar-refractivity contribution in [2.24, 2.45) is 0 Å². The summed E-state index contributed by atoms with van der Waals surface area (Å²) in [4.78, 5) is 0. The highest BCUT2D eigenvalue weighted by molar-refractivity contribution is 5.72. The van der Waals surface area contributed by atoms with Crippen molar-refractivity contribution in [2.45, 2.75) is 27.7 Å². The summed E-state index contributed by atoms with van der Waals surface area (Å²) < 4.78 is 0. The largest absolute Gasteiger partial charge is 0.309 e. The average Bonchev–Trinajstić information content (AvgIpc) is 2.16. The molecule has 0 amide bonds. The smallest absolute Gasteiger partial charge is 0.0183 e. The van der Waals surface area contributed by atoms with Crippen LogP contribution in [0, 0.1) is 5.41 Å². The first-order valence-electron chi connectivity index (χ1n) is 4.80. The molecule has 0 atom stereocenters. The molecule has 0 spiro atoms. The molecule has 1 nitrogen and oxygen atoms in total. The summed E-state index contributed by atoms with van der Waals surface area (Å²) in [6, 6.07) is 0. The molecule has 1 heteroatoms. The van der Waals surface area contributed by atoms with Crippen LogP contribution >= 0.6 is 0 Å². The third-order valence-corrected chi connectivity index (χ3v) is 1.96. The van der Waals surface area contributed by atoms with Crippen LogP contribution in [0.15, 0.2) is 47.1 Å². The van der Waals surface area contributed by atoms with Gasteiger partial charge in [-0.3, -0.25) is 0 Å². The summed E-state index contributed by atoms with van der Waals surface area (Å²) in [6.07, 6.45) is 11.3. The van der Waals surface area contributed by atoms with E-state index in [2.05, 4.69) is 32.1 Å². The van der Waals surface area contributed by atoms with E-state index in [9.17, 15) is 0 Å². The van der Waals surface area contributed by atoms with Gasteiger partial charge in [-0.2, -0.15) is 0 Å². The molecule has 0 aliphatic heterocycles. The summed E-state index contributed by atoms with van der Waals surface area (Å²) >= 11 is 0. The van der Waals surface area contributed by atoms with Gasteiger partial charge < -0.3 is 5.41 Å². The van der Waals surface area contributed by atoms with Crippen molar-refractivity contribution in [1.29, 1.82) is 5.41 Å². The van der Waals surface area contributed by atoms with Gasteiger partial charge in [0.1, 0.15) is 0 Å². The monoisotopic (exact) mass is 189 g/mol. The first-order chi connectivity index (χ1) is 6.65. The predicted octanol–water partition coefficient (Wildman–Crippen LogP) is 4.05. The molecule has 0 saturated carbocycles. The lowest BCUT2D eigenvalue weighted by molar-refractivity contribution is 1.37. The Morgan fingerprint density at radius 2 is 1.79 bits per heavy atom. The van der Waals surface area contributed by atoms with Crippen LogP contribution in [0.5, 0.6) is 0 Å². The van der Waals surface area contributed by atoms with Gasteiger partial charge in [-0.25, -0.2) is 0 Å². The van der Waals surface area contributed by atoms with Gasteiger partial charge in [0.25, 0.3) is 0 Å². The average molecular weight is 189 g/mol. The molecular formula is C13H19N. The van der Waals surface area contributed by atoms with Crippen LogP contribution in [0.25, 0.3) is 0 Å². The van der Waals surface area contributed by atoms with Crippen molar-refractivity contribution >= 4 is 6.21 Å². The van der Waals surface area contributed by atoms with Crippen LogP contribution in [0.1, 0.15) is 27.7 Å². The summed E-state index contributed by atoms with van der Waals surface area (Å²) in [5, 5.41) is 7.07. The Bertz CT molecular complexity index is 301. The highest BCUT2D eigenvalue weighted by Gasteiger charge is 1.94. The molecule has 14 heavy (non-hydrogen) atoms. The molecule has 0 aromatic rings. The molecule has 0 aliphatic rings. The molecule has 1 N–H and O–H groups in total. The van der Waals surface area contributed by atoms with E-state index in [4.69, 9.17) is 5.41 Å². The Morgan fingerprint density at radius 3 is 2.21 bits per heavy atom. The van der Waals surface area contributed by atoms with Crippen molar-refractivity contribution in [3.05, 3.63) is 47.1 Å². The number of nitrogens with one attached hydrogen (secondary N) is 1. The normalized spacial score (nSPS) is 15.0. The van der Waals surface area contributed by atoms with Gasteiger partial charge in [0.15, 0.2) is 0 Å². The zero-order chi connectivity index (χ0) is 11.0. The quantitative estimate of drug-likeness (QED) is 0.509. The fraction of sp³-hybridized carbons (Fsp3) is 0.308. The van der Waals surface area contributed by atoms with E-state index < -0.39 is 0 Å². The SMILES string of the molecule is C\C=C/C(C)=C\C(=C\C=N)C(\C)=C/C. The number of hydrogen-bond acceptors (Lipinski definition) is 1. The van der Waals surface area contributed by atoms with Crippen molar-refractivity contribution < 1.29 is 0 Å². The molecular weight excluding hydrogens is 170 g/mol. The van der Waals surface area contributed by atoms with E-state index in [1.807, 2.05) is 26.0 Å². The molecule has 0 aromatic carbocycles. The van der Waals surface area contributed by atoms with Crippen LogP contribution < -0.4 is 0 Å². The standard InChI is InChI=1S/C13H19N/c1-5-7-11(3)10-13(8-9-14)12(4)6-2/h5-10,14H,1-4H3/b7-5-,11-10-,12-6-,13-8-,14-9?. The van der Waals surface area contributed by atoms with Gasteiger partial charge in [0.2, 0.25) is 0 Å². The topological polar surface area (TPSA) is 23.9 Å². The molecule has 0 rings (SSSR count). The summed E-state index contributed by atoms with van der Waals surface area (Å²) in [6.45, 7) is 8.11. The third-order valence-electron chi connectivity index (χ3n) is 1.96. The van der Waals surface area contributed by atoms with Crippen LogP contribution in [-0.2, 0) is 0 Å². The van der Waals surface area contributed by atoms with Gasteiger partial charge >= 0.3 is 0 Å². The van der Waals surface area contributed by atoms with Crippen molar-refractivity contribution in [3.63, 3.8) is 0 Å². The maximum atomic E-state index is 7.07. The van der Waals surface area contributed by atoms with E-state index in [0.717, 1.165) is 5.57 Å². The van der Waals surface area contributed by atoms with E-state index in [0.29, 0.717) is 0 Å². The van der Waals surface area contributed by atoms with Gasteiger partial charge in [0, 0.05) is 6.21 Å². The van der Waals surface area contributed by atoms with E-state index in [1.54, 1.807) is 0 Å². The molecule has 0 saturated heterocycles. The minimum absolute atomic E-state index is 1.10. The highest BCUT2D eigenvalue weighted by atomic mass is 14.3. The Labute approximate surface area is 87.0 Å². The lowest BCUT2D eigenvalue weighted by atomic mass is 10.0. The van der Waals surface area contributed by atoms with Gasteiger partial charge in [-0.05, 0) is 44.9 Å². The van der Waals surface area contributed by atoms with Gasteiger partial charge in [0.05, 0.1) is 0 Å². The van der Waals surface area contributed by atoms with Crippen LogP contribution in [0.3, 0.4) is 0 Å². The zero-order valence-corrected chi connectivity index (χ0v) is 9.46. The summed E-state index contributed by atoms with van der Waals surface area (Å²) in [7, 11) is 0. The molecule has 0 fully saturated rings. The zero-order valence-electron chi connectivity index (χ0n) is 9.46. The Hall–Kier alpha value is -1.37. The molecule has 0 aliphatic carbocycles. The van der Waals surface area contributed by atoms with Crippen molar-refractivity contribution in [1.82, 2.24) is 0 Å². The first kappa shape index (κ1) is 12.6. The maximum Gasteiger partial charge on any atom is 0.0183 e. The second kappa shape index (κ2) is 7.07. The summed E-state index contributed by atoms with van der Waals surface area (Å²) in [5.41, 5.74) is 3.48. The van der Waals surface area contributed by atoms with E-state index >= 15 is 0 Å². The first-order valence-corrected chi connectivity index (χ1v) is 4.80.